The fourth-order valence-corrected chi connectivity index (χ4v) is 3.68. The lowest BCUT2D eigenvalue weighted by Crippen LogP contribution is -2.37. The summed E-state index contributed by atoms with van der Waals surface area (Å²) in [7, 11) is 0. The highest BCUT2D eigenvalue weighted by Crippen LogP contribution is 2.42. The molecule has 1 fully saturated rings. The number of nitrogens with two attached hydrogens (primary N) is 1. The number of nitrogen functional groups attached to an aromatic ring is 1. The Kier molecular flexibility index (Phi) is 5.09. The summed E-state index contributed by atoms with van der Waals surface area (Å²) in [6.07, 6.45) is 6.08. The molecule has 0 aliphatic heterocycles. The van der Waals surface area contributed by atoms with E-state index in [0.29, 0.717) is 11.5 Å². The van der Waals surface area contributed by atoms with E-state index in [4.69, 9.17) is 17.3 Å². The van der Waals surface area contributed by atoms with E-state index in [2.05, 4.69) is 24.1 Å². The summed E-state index contributed by atoms with van der Waals surface area (Å²) >= 11 is 5.85. The molecule has 21 heavy (non-hydrogen) atoms. The predicted molar refractivity (Wildman–Crippen MR) is 86.3 cm³/mol. The van der Waals surface area contributed by atoms with Gasteiger partial charge in [0, 0.05) is 12.1 Å². The van der Waals surface area contributed by atoms with E-state index in [9.17, 15) is 4.79 Å². The second-order valence-electron chi connectivity index (χ2n) is 6.59. The minimum Gasteiger partial charge on any atom is -0.384 e. The van der Waals surface area contributed by atoms with Crippen molar-refractivity contribution in [3.8, 4) is 0 Å². The van der Waals surface area contributed by atoms with Crippen molar-refractivity contribution in [3.05, 3.63) is 22.8 Å². The molecule has 4 nitrogen and oxygen atoms in total. The average Bonchev–Trinajstić information content (AvgIpc) is 2.83. The third-order valence-electron chi connectivity index (χ3n) is 4.21. The van der Waals surface area contributed by atoms with E-state index in [1.807, 2.05) is 0 Å². The van der Waals surface area contributed by atoms with Crippen LogP contribution in [0.5, 0.6) is 0 Å². The van der Waals surface area contributed by atoms with Gasteiger partial charge in [0.05, 0.1) is 0 Å². The topological polar surface area (TPSA) is 68.0 Å². The standard InChI is InChI=1S/C16H24ClN3O/c1-11(2)9-16(5-3-4-6-16)10-19-15(21)12-7-13(17)20-14(18)8-12/h7-8,11H,3-6,9-10H2,1-2H3,(H2,18,20)(H,19,21). The molecule has 1 aliphatic carbocycles. The Bertz CT molecular complexity index is 490. The summed E-state index contributed by atoms with van der Waals surface area (Å²) in [6, 6.07) is 3.11. The van der Waals surface area contributed by atoms with Gasteiger partial charge in [-0.2, -0.15) is 0 Å². The lowest BCUT2D eigenvalue weighted by molar-refractivity contribution is 0.0921. The highest BCUT2D eigenvalue weighted by molar-refractivity contribution is 6.29. The molecule has 2 rings (SSSR count). The minimum atomic E-state index is -0.124. The molecule has 0 aromatic carbocycles. The largest absolute Gasteiger partial charge is 0.384 e. The van der Waals surface area contributed by atoms with Crippen LogP contribution >= 0.6 is 11.6 Å². The van der Waals surface area contributed by atoms with Gasteiger partial charge in [0.2, 0.25) is 0 Å². The van der Waals surface area contributed by atoms with E-state index in [-0.39, 0.29) is 22.3 Å². The summed E-state index contributed by atoms with van der Waals surface area (Å²) < 4.78 is 0. The van der Waals surface area contributed by atoms with Gasteiger partial charge in [-0.25, -0.2) is 4.98 Å². The third-order valence-corrected chi connectivity index (χ3v) is 4.40. The van der Waals surface area contributed by atoms with Crippen molar-refractivity contribution >= 4 is 23.3 Å². The van der Waals surface area contributed by atoms with Gasteiger partial charge < -0.3 is 11.1 Å². The lowest BCUT2D eigenvalue weighted by atomic mass is 9.78. The quantitative estimate of drug-likeness (QED) is 0.816. The molecule has 5 heteroatoms. The van der Waals surface area contributed by atoms with Crippen LogP contribution in [0.15, 0.2) is 12.1 Å². The number of carbonyl (C=O) groups is 1. The summed E-state index contributed by atoms with van der Waals surface area (Å²) in [6.45, 7) is 5.21. The Morgan fingerprint density at radius 2 is 2.10 bits per heavy atom. The number of hydrogen-bond donors (Lipinski definition) is 2. The van der Waals surface area contributed by atoms with E-state index in [1.54, 1.807) is 12.1 Å². The highest BCUT2D eigenvalue weighted by atomic mass is 35.5. The molecule has 0 radical (unpaired) electrons. The Morgan fingerprint density at radius 1 is 1.43 bits per heavy atom. The molecule has 0 saturated heterocycles. The van der Waals surface area contributed by atoms with Crippen molar-refractivity contribution in [1.29, 1.82) is 0 Å². The van der Waals surface area contributed by atoms with Crippen molar-refractivity contribution in [2.24, 2.45) is 11.3 Å². The molecule has 0 spiro atoms. The van der Waals surface area contributed by atoms with Crippen LogP contribution in [0.3, 0.4) is 0 Å². The number of aromatic nitrogens is 1. The summed E-state index contributed by atoms with van der Waals surface area (Å²) in [5, 5.41) is 3.31. The fourth-order valence-electron chi connectivity index (χ4n) is 3.46. The maximum absolute atomic E-state index is 12.3. The zero-order chi connectivity index (χ0) is 15.5. The molecule has 1 aromatic rings. The van der Waals surface area contributed by atoms with Crippen molar-refractivity contribution in [3.63, 3.8) is 0 Å². The van der Waals surface area contributed by atoms with Crippen LogP contribution in [-0.2, 0) is 0 Å². The van der Waals surface area contributed by atoms with Crippen molar-refractivity contribution in [1.82, 2.24) is 10.3 Å². The normalized spacial score (nSPS) is 17.1. The van der Waals surface area contributed by atoms with Crippen molar-refractivity contribution in [2.75, 3.05) is 12.3 Å². The molecular formula is C16H24ClN3O. The Morgan fingerprint density at radius 3 is 2.67 bits per heavy atom. The molecule has 116 valence electrons. The molecule has 0 atom stereocenters. The number of rotatable bonds is 5. The Hall–Kier alpha value is -1.29. The molecule has 3 N–H and O–H groups in total. The SMILES string of the molecule is CC(C)CC1(CNC(=O)c2cc(N)nc(Cl)c2)CCCC1. The molecule has 1 amide bonds. The van der Waals surface area contributed by atoms with Crippen LogP contribution < -0.4 is 11.1 Å². The number of carbonyl (C=O) groups excluding carboxylic acids is 1. The number of pyridine rings is 1. The van der Waals surface area contributed by atoms with Gasteiger partial charge in [0.15, 0.2) is 0 Å². The van der Waals surface area contributed by atoms with E-state index < -0.39 is 0 Å². The molecular weight excluding hydrogens is 286 g/mol. The first-order chi connectivity index (χ1) is 9.90. The zero-order valence-electron chi connectivity index (χ0n) is 12.8. The first-order valence-corrected chi connectivity index (χ1v) is 7.99. The van der Waals surface area contributed by atoms with Crippen LogP contribution in [0.4, 0.5) is 5.82 Å². The molecule has 1 aromatic heterocycles. The predicted octanol–water partition coefficient (Wildman–Crippen LogP) is 3.65. The number of amides is 1. The zero-order valence-corrected chi connectivity index (χ0v) is 13.5. The van der Waals surface area contributed by atoms with Gasteiger partial charge in [-0.3, -0.25) is 4.79 Å². The number of halogens is 1. The number of hydrogen-bond acceptors (Lipinski definition) is 3. The van der Waals surface area contributed by atoms with Crippen LogP contribution in [0, 0.1) is 11.3 Å². The van der Waals surface area contributed by atoms with E-state index in [1.165, 1.54) is 25.7 Å². The lowest BCUT2D eigenvalue weighted by Gasteiger charge is -2.31. The fraction of sp³-hybridized carbons (Fsp3) is 0.625. The second kappa shape index (κ2) is 6.65. The Labute approximate surface area is 131 Å². The maximum Gasteiger partial charge on any atom is 0.251 e. The molecule has 1 aliphatic rings. The van der Waals surface area contributed by atoms with Gasteiger partial charge in [0.1, 0.15) is 11.0 Å². The van der Waals surface area contributed by atoms with Gasteiger partial charge in [0.25, 0.3) is 5.91 Å². The van der Waals surface area contributed by atoms with E-state index >= 15 is 0 Å². The summed E-state index contributed by atoms with van der Waals surface area (Å²) in [5.74, 6) is 0.789. The van der Waals surface area contributed by atoms with Crippen molar-refractivity contribution in [2.45, 2.75) is 46.0 Å². The van der Waals surface area contributed by atoms with Crippen LogP contribution in [0.2, 0.25) is 5.15 Å². The number of anilines is 1. The number of nitrogens with zero attached hydrogens (tertiary/aromatic N) is 1. The average molecular weight is 310 g/mol. The van der Waals surface area contributed by atoms with Crippen molar-refractivity contribution < 1.29 is 4.79 Å². The smallest absolute Gasteiger partial charge is 0.251 e. The van der Waals surface area contributed by atoms with Gasteiger partial charge in [-0.1, -0.05) is 38.3 Å². The molecule has 1 saturated carbocycles. The molecule has 1 heterocycles. The van der Waals surface area contributed by atoms with Gasteiger partial charge in [-0.05, 0) is 42.7 Å². The highest BCUT2D eigenvalue weighted by Gasteiger charge is 2.34. The number of nitrogens with one attached hydrogen (secondary N) is 1. The first kappa shape index (κ1) is 16.1. The third kappa shape index (κ3) is 4.34. The maximum atomic E-state index is 12.3. The summed E-state index contributed by atoms with van der Waals surface area (Å²) in [4.78, 5) is 16.2. The summed E-state index contributed by atoms with van der Waals surface area (Å²) in [5.41, 5.74) is 6.37. The molecule has 0 unspecified atom stereocenters. The monoisotopic (exact) mass is 309 g/mol. The van der Waals surface area contributed by atoms with Crippen LogP contribution in [-0.4, -0.2) is 17.4 Å². The minimum absolute atomic E-state index is 0.124. The van der Waals surface area contributed by atoms with Crippen LogP contribution in [0.25, 0.3) is 0 Å². The second-order valence-corrected chi connectivity index (χ2v) is 6.98. The first-order valence-electron chi connectivity index (χ1n) is 7.61. The van der Waals surface area contributed by atoms with Gasteiger partial charge >= 0.3 is 0 Å². The Balaban J connectivity index is 2.01. The van der Waals surface area contributed by atoms with Crippen LogP contribution in [0.1, 0.15) is 56.3 Å². The van der Waals surface area contributed by atoms with Gasteiger partial charge in [-0.15, -0.1) is 0 Å². The van der Waals surface area contributed by atoms with E-state index in [0.717, 1.165) is 13.0 Å². The molecule has 0 bridgehead atoms.